The van der Waals surface area contributed by atoms with Crippen LogP contribution < -0.4 is 5.56 Å². The fourth-order valence-corrected chi connectivity index (χ4v) is 1.71. The average Bonchev–Trinajstić information content (AvgIpc) is 2.35. The van der Waals surface area contributed by atoms with Crippen molar-refractivity contribution in [3.63, 3.8) is 0 Å². The standard InChI is InChI=1S/C13H12F2N2O/c1-6-4-5-9(11(15)10(6)14)12-7(2)8(3)13(18)17-16-12/h4-5H,1-3H3,(H,17,18). The molecule has 18 heavy (non-hydrogen) atoms. The van der Waals surface area contributed by atoms with Gasteiger partial charge >= 0.3 is 0 Å². The van der Waals surface area contributed by atoms with Gasteiger partial charge in [0.1, 0.15) is 0 Å². The van der Waals surface area contributed by atoms with Crippen molar-refractivity contribution in [3.05, 3.63) is 50.8 Å². The van der Waals surface area contributed by atoms with Gasteiger partial charge in [-0.15, -0.1) is 0 Å². The second-order valence-electron chi connectivity index (χ2n) is 4.21. The lowest BCUT2D eigenvalue weighted by Crippen LogP contribution is -2.14. The van der Waals surface area contributed by atoms with Crippen molar-refractivity contribution in [2.24, 2.45) is 0 Å². The number of benzene rings is 1. The first-order valence-electron chi connectivity index (χ1n) is 5.44. The van der Waals surface area contributed by atoms with Crippen molar-refractivity contribution in [2.75, 3.05) is 0 Å². The van der Waals surface area contributed by atoms with Gasteiger partial charge in [0.25, 0.3) is 5.56 Å². The van der Waals surface area contributed by atoms with E-state index in [1.807, 2.05) is 0 Å². The molecule has 94 valence electrons. The van der Waals surface area contributed by atoms with Gasteiger partial charge in [-0.3, -0.25) is 4.79 Å². The van der Waals surface area contributed by atoms with E-state index in [9.17, 15) is 13.6 Å². The first kappa shape index (κ1) is 12.4. The largest absolute Gasteiger partial charge is 0.268 e. The summed E-state index contributed by atoms with van der Waals surface area (Å²) >= 11 is 0. The number of hydrogen-bond acceptors (Lipinski definition) is 2. The van der Waals surface area contributed by atoms with Gasteiger partial charge in [-0.05, 0) is 38.0 Å². The van der Waals surface area contributed by atoms with Crippen LogP contribution in [-0.2, 0) is 0 Å². The average molecular weight is 250 g/mol. The number of aryl methyl sites for hydroxylation is 1. The van der Waals surface area contributed by atoms with Crippen molar-refractivity contribution in [1.29, 1.82) is 0 Å². The zero-order chi connectivity index (χ0) is 13.4. The maximum atomic E-state index is 13.9. The SMILES string of the molecule is Cc1ccc(-c2n[nH]c(=O)c(C)c2C)c(F)c1F. The monoisotopic (exact) mass is 250 g/mol. The summed E-state index contributed by atoms with van der Waals surface area (Å²) in [6, 6.07) is 2.94. The second-order valence-corrected chi connectivity index (χ2v) is 4.21. The molecule has 0 spiro atoms. The minimum atomic E-state index is -0.947. The van der Waals surface area contributed by atoms with Crippen LogP contribution in [0.5, 0.6) is 0 Å². The third-order valence-electron chi connectivity index (χ3n) is 3.06. The molecule has 0 atom stereocenters. The molecular formula is C13H12F2N2O. The molecule has 0 saturated carbocycles. The third kappa shape index (κ3) is 1.81. The van der Waals surface area contributed by atoms with Crippen molar-refractivity contribution >= 4 is 0 Å². The van der Waals surface area contributed by atoms with Crippen LogP contribution in [-0.4, -0.2) is 10.2 Å². The van der Waals surface area contributed by atoms with Crippen LogP contribution in [0, 0.1) is 32.4 Å². The summed E-state index contributed by atoms with van der Waals surface area (Å²) in [6.07, 6.45) is 0. The Morgan fingerprint density at radius 2 is 1.72 bits per heavy atom. The molecule has 0 unspecified atom stereocenters. The van der Waals surface area contributed by atoms with E-state index >= 15 is 0 Å². The van der Waals surface area contributed by atoms with Crippen molar-refractivity contribution in [1.82, 2.24) is 10.2 Å². The van der Waals surface area contributed by atoms with Gasteiger partial charge in [0, 0.05) is 11.1 Å². The van der Waals surface area contributed by atoms with E-state index in [-0.39, 0.29) is 22.4 Å². The van der Waals surface area contributed by atoms with Gasteiger partial charge in [0.05, 0.1) is 5.69 Å². The van der Waals surface area contributed by atoms with Gasteiger partial charge in [-0.1, -0.05) is 6.07 Å². The Morgan fingerprint density at radius 3 is 2.39 bits per heavy atom. The van der Waals surface area contributed by atoms with Crippen LogP contribution in [0.25, 0.3) is 11.3 Å². The molecule has 0 saturated heterocycles. The third-order valence-corrected chi connectivity index (χ3v) is 3.06. The summed E-state index contributed by atoms with van der Waals surface area (Å²) in [5.74, 6) is -1.84. The minimum Gasteiger partial charge on any atom is -0.268 e. The first-order chi connectivity index (χ1) is 8.43. The summed E-state index contributed by atoms with van der Waals surface area (Å²) in [4.78, 5) is 11.3. The summed E-state index contributed by atoms with van der Waals surface area (Å²) in [6.45, 7) is 4.76. The lowest BCUT2D eigenvalue weighted by molar-refractivity contribution is 0.505. The first-order valence-corrected chi connectivity index (χ1v) is 5.44. The lowest BCUT2D eigenvalue weighted by Gasteiger charge is -2.09. The Balaban J connectivity index is 2.75. The van der Waals surface area contributed by atoms with Crippen LogP contribution >= 0.6 is 0 Å². The predicted molar refractivity (Wildman–Crippen MR) is 64.4 cm³/mol. The molecule has 1 aromatic heterocycles. The van der Waals surface area contributed by atoms with E-state index in [1.165, 1.54) is 19.1 Å². The normalized spacial score (nSPS) is 10.7. The number of hydrogen-bond donors (Lipinski definition) is 1. The number of halogens is 2. The fraction of sp³-hybridized carbons (Fsp3) is 0.231. The fourth-order valence-electron chi connectivity index (χ4n) is 1.71. The molecule has 0 aliphatic heterocycles. The highest BCUT2D eigenvalue weighted by molar-refractivity contribution is 5.64. The van der Waals surface area contributed by atoms with E-state index in [0.29, 0.717) is 11.1 Å². The molecule has 0 fully saturated rings. The number of aromatic nitrogens is 2. The van der Waals surface area contributed by atoms with Gasteiger partial charge < -0.3 is 0 Å². The molecule has 1 heterocycles. The Kier molecular flexibility index (Phi) is 2.98. The molecule has 1 aromatic carbocycles. The van der Waals surface area contributed by atoms with Crippen LogP contribution in [0.1, 0.15) is 16.7 Å². The summed E-state index contributed by atoms with van der Waals surface area (Å²) < 4.78 is 27.4. The smallest absolute Gasteiger partial charge is 0.267 e. The maximum Gasteiger partial charge on any atom is 0.267 e. The molecule has 3 nitrogen and oxygen atoms in total. The molecule has 0 bridgehead atoms. The van der Waals surface area contributed by atoms with E-state index < -0.39 is 11.6 Å². The van der Waals surface area contributed by atoms with E-state index in [0.717, 1.165) is 0 Å². The number of nitrogens with one attached hydrogen (secondary N) is 1. The molecule has 5 heteroatoms. The molecule has 0 radical (unpaired) electrons. The Labute approximate surface area is 102 Å². The molecule has 2 aromatic rings. The van der Waals surface area contributed by atoms with Crippen LogP contribution in [0.3, 0.4) is 0 Å². The maximum absolute atomic E-state index is 13.9. The van der Waals surface area contributed by atoms with Crippen molar-refractivity contribution in [2.45, 2.75) is 20.8 Å². The molecule has 0 aliphatic carbocycles. The number of H-pyrrole nitrogens is 1. The van der Waals surface area contributed by atoms with Crippen LogP contribution in [0.15, 0.2) is 16.9 Å². The number of aromatic amines is 1. The zero-order valence-corrected chi connectivity index (χ0v) is 10.3. The highest BCUT2D eigenvalue weighted by Crippen LogP contribution is 2.26. The van der Waals surface area contributed by atoms with Crippen LogP contribution in [0.2, 0.25) is 0 Å². The molecule has 2 rings (SSSR count). The zero-order valence-electron chi connectivity index (χ0n) is 10.3. The number of nitrogens with zero attached hydrogens (tertiary/aromatic N) is 1. The van der Waals surface area contributed by atoms with Gasteiger partial charge in [0.2, 0.25) is 0 Å². The lowest BCUT2D eigenvalue weighted by atomic mass is 10.0. The molecular weight excluding hydrogens is 238 g/mol. The van der Waals surface area contributed by atoms with Crippen molar-refractivity contribution < 1.29 is 8.78 Å². The second kappa shape index (κ2) is 4.33. The summed E-state index contributed by atoms with van der Waals surface area (Å²) in [7, 11) is 0. The minimum absolute atomic E-state index is 0.0509. The highest BCUT2D eigenvalue weighted by atomic mass is 19.2. The number of rotatable bonds is 1. The van der Waals surface area contributed by atoms with Gasteiger partial charge in [-0.25, -0.2) is 13.9 Å². The van der Waals surface area contributed by atoms with Crippen molar-refractivity contribution in [3.8, 4) is 11.3 Å². The van der Waals surface area contributed by atoms with E-state index in [1.54, 1.807) is 13.8 Å². The van der Waals surface area contributed by atoms with Gasteiger partial charge in [-0.2, -0.15) is 5.10 Å². The Hall–Kier alpha value is -2.04. The predicted octanol–water partition coefficient (Wildman–Crippen LogP) is 2.64. The van der Waals surface area contributed by atoms with E-state index in [2.05, 4.69) is 10.2 Å². The summed E-state index contributed by atoms with van der Waals surface area (Å²) in [5.41, 5.74) is 1.19. The topological polar surface area (TPSA) is 45.8 Å². The van der Waals surface area contributed by atoms with Gasteiger partial charge in [0.15, 0.2) is 11.6 Å². The Morgan fingerprint density at radius 1 is 1.06 bits per heavy atom. The Bertz CT molecular complexity index is 677. The molecule has 0 aliphatic rings. The highest BCUT2D eigenvalue weighted by Gasteiger charge is 2.17. The van der Waals surface area contributed by atoms with E-state index in [4.69, 9.17) is 0 Å². The van der Waals surface area contributed by atoms with Crippen LogP contribution in [0.4, 0.5) is 8.78 Å². The quantitative estimate of drug-likeness (QED) is 0.845. The summed E-state index contributed by atoms with van der Waals surface area (Å²) in [5, 5.41) is 6.07. The molecule has 1 N–H and O–H groups in total. The molecule has 0 amide bonds.